The fourth-order valence-electron chi connectivity index (χ4n) is 5.31. The number of hydrogen-bond donors (Lipinski definition) is 0. The molecule has 1 unspecified atom stereocenters. The van der Waals surface area contributed by atoms with Crippen LogP contribution >= 0.6 is 0 Å². The number of fused-ring (bicyclic) bond motifs is 2. The van der Waals surface area contributed by atoms with Gasteiger partial charge in [-0.15, -0.1) is 0 Å². The highest BCUT2D eigenvalue weighted by atomic mass is 16.2. The monoisotopic (exact) mass is 475 g/mol. The minimum atomic E-state index is -0.398. The number of carbonyl (C=O) groups excluding carboxylic acids is 3. The van der Waals surface area contributed by atoms with E-state index in [0.29, 0.717) is 29.9 Å². The number of carbonyl (C=O) groups is 3. The molecule has 178 valence electrons. The van der Waals surface area contributed by atoms with Crippen LogP contribution in [0.3, 0.4) is 0 Å². The van der Waals surface area contributed by atoms with E-state index in [2.05, 4.69) is 4.57 Å². The zero-order valence-corrected chi connectivity index (χ0v) is 20.1. The first-order valence-electron chi connectivity index (χ1n) is 12.0. The minimum absolute atomic E-state index is 0.162. The molecule has 0 saturated carbocycles. The molecule has 0 fully saturated rings. The van der Waals surface area contributed by atoms with E-state index in [0.717, 1.165) is 22.4 Å². The van der Waals surface area contributed by atoms with Crippen molar-refractivity contribution in [1.82, 2.24) is 9.47 Å². The van der Waals surface area contributed by atoms with Crippen LogP contribution in [-0.4, -0.2) is 33.7 Å². The number of benzene rings is 3. The lowest BCUT2D eigenvalue weighted by Gasteiger charge is -2.37. The topological polar surface area (TPSA) is 62.6 Å². The highest BCUT2D eigenvalue weighted by Crippen LogP contribution is 2.35. The van der Waals surface area contributed by atoms with Gasteiger partial charge < -0.3 is 9.47 Å². The van der Waals surface area contributed by atoms with Gasteiger partial charge >= 0.3 is 0 Å². The number of imide groups is 1. The van der Waals surface area contributed by atoms with Gasteiger partial charge in [-0.3, -0.25) is 14.4 Å². The standard InChI is InChI=1S/C30H25N3O3/c1-19-10-11-20(2)26(17-19)33-29(35)23-13-12-22(18-24(23)30(33)36)28(34)32-16-15-31-14-6-9-25(31)27(32)21-7-4-3-5-8-21/h3-14,17-18,27H,15-16H2,1-2H3. The maximum atomic E-state index is 13.9. The van der Waals surface area contributed by atoms with E-state index in [9.17, 15) is 14.4 Å². The summed E-state index contributed by atoms with van der Waals surface area (Å²) in [5, 5.41) is 0. The van der Waals surface area contributed by atoms with Gasteiger partial charge in [-0.05, 0) is 66.9 Å². The molecule has 0 spiro atoms. The number of aromatic nitrogens is 1. The molecule has 6 rings (SSSR count). The van der Waals surface area contributed by atoms with Gasteiger partial charge in [-0.1, -0.05) is 42.5 Å². The van der Waals surface area contributed by atoms with E-state index >= 15 is 0 Å². The third-order valence-electron chi connectivity index (χ3n) is 7.15. The second-order valence-corrected chi connectivity index (χ2v) is 9.43. The number of anilines is 1. The zero-order valence-electron chi connectivity index (χ0n) is 20.1. The highest BCUT2D eigenvalue weighted by Gasteiger charge is 2.39. The van der Waals surface area contributed by atoms with Crippen LogP contribution in [-0.2, 0) is 6.54 Å². The summed E-state index contributed by atoms with van der Waals surface area (Å²) in [6, 6.07) is 24.3. The Morgan fingerprint density at radius 3 is 2.39 bits per heavy atom. The molecule has 4 aromatic rings. The van der Waals surface area contributed by atoms with E-state index in [-0.39, 0.29) is 23.4 Å². The van der Waals surface area contributed by atoms with Gasteiger partial charge in [0.05, 0.1) is 22.9 Å². The van der Waals surface area contributed by atoms with Gasteiger partial charge in [0.15, 0.2) is 0 Å². The van der Waals surface area contributed by atoms with Gasteiger partial charge in [0, 0.05) is 30.5 Å². The quantitative estimate of drug-likeness (QED) is 0.385. The maximum absolute atomic E-state index is 13.9. The SMILES string of the molecule is Cc1ccc(C)c(N2C(=O)c3ccc(C(=O)N4CCn5cccc5C4c4ccccc4)cc3C2=O)c1. The number of hydrogen-bond acceptors (Lipinski definition) is 3. The summed E-state index contributed by atoms with van der Waals surface area (Å²) in [4.78, 5) is 43.6. The Morgan fingerprint density at radius 2 is 1.58 bits per heavy atom. The molecule has 3 amide bonds. The fraction of sp³-hybridized carbons (Fsp3) is 0.167. The Hall–Kier alpha value is -4.45. The normalized spacial score (nSPS) is 16.8. The summed E-state index contributed by atoms with van der Waals surface area (Å²) in [7, 11) is 0. The Kier molecular flexibility index (Phi) is 5.11. The number of aryl methyl sites for hydroxylation is 2. The molecule has 1 aromatic heterocycles. The van der Waals surface area contributed by atoms with Crippen molar-refractivity contribution < 1.29 is 14.4 Å². The average molecular weight is 476 g/mol. The van der Waals surface area contributed by atoms with Crippen molar-refractivity contribution in [2.45, 2.75) is 26.4 Å². The third kappa shape index (κ3) is 3.37. The Balaban J connectivity index is 1.37. The van der Waals surface area contributed by atoms with Crippen LogP contribution in [0.4, 0.5) is 5.69 Å². The van der Waals surface area contributed by atoms with Crippen LogP contribution in [0.2, 0.25) is 0 Å². The number of nitrogens with zero attached hydrogens (tertiary/aromatic N) is 3. The fourth-order valence-corrected chi connectivity index (χ4v) is 5.31. The van der Waals surface area contributed by atoms with Crippen molar-refractivity contribution in [3.05, 3.63) is 124 Å². The lowest BCUT2D eigenvalue weighted by Crippen LogP contribution is -2.42. The first-order chi connectivity index (χ1) is 17.4. The molecule has 6 heteroatoms. The number of rotatable bonds is 3. The van der Waals surface area contributed by atoms with Crippen molar-refractivity contribution in [2.24, 2.45) is 0 Å². The Labute approximate surface area is 209 Å². The molecule has 0 N–H and O–H groups in total. The largest absolute Gasteiger partial charge is 0.348 e. The van der Waals surface area contributed by atoms with Gasteiger partial charge in [0.1, 0.15) is 0 Å². The highest BCUT2D eigenvalue weighted by molar-refractivity contribution is 6.35. The zero-order chi connectivity index (χ0) is 25.0. The molecular weight excluding hydrogens is 450 g/mol. The van der Waals surface area contributed by atoms with Crippen molar-refractivity contribution >= 4 is 23.4 Å². The van der Waals surface area contributed by atoms with Gasteiger partial charge in [0.25, 0.3) is 17.7 Å². The third-order valence-corrected chi connectivity index (χ3v) is 7.15. The Bertz CT molecular complexity index is 1540. The van der Waals surface area contributed by atoms with Gasteiger partial charge in [-0.25, -0.2) is 4.90 Å². The summed E-state index contributed by atoms with van der Waals surface area (Å²) in [5.41, 5.74) is 5.45. The number of amides is 3. The summed E-state index contributed by atoms with van der Waals surface area (Å²) < 4.78 is 2.17. The predicted octanol–water partition coefficient (Wildman–Crippen LogP) is 5.15. The molecule has 0 bridgehead atoms. The van der Waals surface area contributed by atoms with Crippen LogP contribution in [0.15, 0.2) is 85.1 Å². The van der Waals surface area contributed by atoms with E-state index in [1.165, 1.54) is 4.90 Å². The second-order valence-electron chi connectivity index (χ2n) is 9.43. The molecule has 2 aliphatic rings. The first-order valence-corrected chi connectivity index (χ1v) is 12.0. The Morgan fingerprint density at radius 1 is 0.806 bits per heavy atom. The first kappa shape index (κ1) is 22.0. The maximum Gasteiger partial charge on any atom is 0.266 e. The molecule has 36 heavy (non-hydrogen) atoms. The predicted molar refractivity (Wildman–Crippen MR) is 137 cm³/mol. The van der Waals surface area contributed by atoms with Crippen molar-refractivity contribution in [3.63, 3.8) is 0 Å². The summed E-state index contributed by atoms with van der Waals surface area (Å²) in [6.07, 6.45) is 2.04. The van der Waals surface area contributed by atoms with E-state index in [1.54, 1.807) is 18.2 Å². The van der Waals surface area contributed by atoms with Gasteiger partial charge in [-0.2, -0.15) is 0 Å². The van der Waals surface area contributed by atoms with Crippen molar-refractivity contribution in [3.8, 4) is 0 Å². The van der Waals surface area contributed by atoms with Crippen molar-refractivity contribution in [2.75, 3.05) is 11.4 Å². The lowest BCUT2D eigenvalue weighted by molar-refractivity contribution is 0.0663. The molecule has 2 aliphatic heterocycles. The van der Waals surface area contributed by atoms with Crippen LogP contribution in [0.25, 0.3) is 0 Å². The van der Waals surface area contributed by atoms with Crippen LogP contribution in [0, 0.1) is 13.8 Å². The van der Waals surface area contributed by atoms with Crippen LogP contribution in [0.1, 0.15) is 59.5 Å². The molecule has 0 radical (unpaired) electrons. The summed E-state index contributed by atoms with van der Waals surface area (Å²) in [5.74, 6) is -0.921. The minimum Gasteiger partial charge on any atom is -0.348 e. The molecule has 0 saturated heterocycles. The second kappa shape index (κ2) is 8.34. The van der Waals surface area contributed by atoms with Crippen molar-refractivity contribution in [1.29, 1.82) is 0 Å². The van der Waals surface area contributed by atoms with Crippen LogP contribution < -0.4 is 4.90 Å². The molecule has 3 aromatic carbocycles. The van der Waals surface area contributed by atoms with E-state index in [4.69, 9.17) is 0 Å². The molecule has 6 nitrogen and oxygen atoms in total. The van der Waals surface area contributed by atoms with E-state index in [1.807, 2.05) is 85.6 Å². The molecule has 1 atom stereocenters. The van der Waals surface area contributed by atoms with Gasteiger partial charge in [0.2, 0.25) is 0 Å². The summed E-state index contributed by atoms with van der Waals surface area (Å²) >= 11 is 0. The molecule has 0 aliphatic carbocycles. The van der Waals surface area contributed by atoms with Crippen LogP contribution in [0.5, 0.6) is 0 Å². The average Bonchev–Trinajstić information content (AvgIpc) is 3.47. The van der Waals surface area contributed by atoms with E-state index < -0.39 is 5.91 Å². The molecular formula is C30H25N3O3. The summed E-state index contributed by atoms with van der Waals surface area (Å²) in [6.45, 7) is 5.04. The molecule has 3 heterocycles. The smallest absolute Gasteiger partial charge is 0.266 e. The lowest BCUT2D eigenvalue weighted by atomic mass is 9.98.